The van der Waals surface area contributed by atoms with Gasteiger partial charge in [-0.15, -0.1) is 0 Å². The second-order valence-electron chi connectivity index (χ2n) is 6.13. The average molecular weight is 281 g/mol. The molecule has 0 unspecified atom stereocenters. The number of rotatable bonds is 2. The molecule has 0 saturated heterocycles. The first-order valence-corrected chi connectivity index (χ1v) is 7.35. The summed E-state index contributed by atoms with van der Waals surface area (Å²) in [5.41, 5.74) is 1.61. The zero-order valence-electron chi connectivity index (χ0n) is 11.0. The first kappa shape index (κ1) is 12.2. The van der Waals surface area contributed by atoms with Crippen LogP contribution in [0.25, 0.3) is 10.2 Å². The van der Waals surface area contributed by atoms with Gasteiger partial charge in [-0.2, -0.15) is 0 Å². The molecular formula is C14H17ClN2S. The Labute approximate surface area is 116 Å². The molecule has 1 aromatic carbocycles. The van der Waals surface area contributed by atoms with Crippen molar-refractivity contribution in [3.63, 3.8) is 0 Å². The number of fused-ring (bicyclic) bond motifs is 1. The van der Waals surface area contributed by atoms with Crippen LogP contribution in [0.5, 0.6) is 0 Å². The quantitative estimate of drug-likeness (QED) is 0.855. The molecule has 1 aliphatic carbocycles. The monoisotopic (exact) mass is 280 g/mol. The number of anilines is 1. The van der Waals surface area contributed by atoms with Crippen molar-refractivity contribution in [2.45, 2.75) is 33.7 Å². The molecule has 96 valence electrons. The Kier molecular flexibility index (Phi) is 2.46. The van der Waals surface area contributed by atoms with E-state index in [1.54, 1.807) is 11.3 Å². The van der Waals surface area contributed by atoms with E-state index in [4.69, 9.17) is 11.6 Å². The number of thiazole rings is 1. The van der Waals surface area contributed by atoms with Crippen LogP contribution < -0.4 is 5.32 Å². The van der Waals surface area contributed by atoms with Gasteiger partial charge in [0.2, 0.25) is 0 Å². The molecule has 0 bridgehead atoms. The fraction of sp³-hybridized carbons (Fsp3) is 0.500. The molecule has 1 N–H and O–H groups in total. The van der Waals surface area contributed by atoms with Gasteiger partial charge in [0.1, 0.15) is 0 Å². The highest BCUT2D eigenvalue weighted by molar-refractivity contribution is 7.22. The Morgan fingerprint density at radius 1 is 1.22 bits per heavy atom. The summed E-state index contributed by atoms with van der Waals surface area (Å²) in [7, 11) is 0. The van der Waals surface area contributed by atoms with Gasteiger partial charge in [-0.25, -0.2) is 4.98 Å². The van der Waals surface area contributed by atoms with Gasteiger partial charge in [0.25, 0.3) is 0 Å². The Balaban J connectivity index is 1.91. The third-order valence-electron chi connectivity index (χ3n) is 4.66. The van der Waals surface area contributed by atoms with Crippen LogP contribution in [-0.4, -0.2) is 11.0 Å². The van der Waals surface area contributed by atoms with Crippen LogP contribution in [0.2, 0.25) is 5.02 Å². The standard InChI is InChI=1S/C14H17ClN2S/c1-13(2)11(14(13,3)4)17-12-16-9-7-5-6-8(15)10(9)18-12/h5-7,11H,1-4H3,(H,16,17). The number of hydrogen-bond donors (Lipinski definition) is 1. The molecule has 0 atom stereocenters. The summed E-state index contributed by atoms with van der Waals surface area (Å²) >= 11 is 7.82. The maximum absolute atomic E-state index is 6.18. The molecule has 4 heteroatoms. The molecule has 3 rings (SSSR count). The lowest BCUT2D eigenvalue weighted by molar-refractivity contribution is 0.457. The van der Waals surface area contributed by atoms with Gasteiger partial charge in [-0.05, 0) is 23.0 Å². The highest BCUT2D eigenvalue weighted by Crippen LogP contribution is 2.63. The lowest BCUT2D eigenvalue weighted by Gasteiger charge is -2.02. The van der Waals surface area contributed by atoms with Crippen molar-refractivity contribution in [3.8, 4) is 0 Å². The van der Waals surface area contributed by atoms with Crippen LogP contribution in [0.3, 0.4) is 0 Å². The zero-order chi connectivity index (χ0) is 13.1. The third kappa shape index (κ3) is 1.57. The van der Waals surface area contributed by atoms with Crippen LogP contribution in [0.15, 0.2) is 18.2 Å². The van der Waals surface area contributed by atoms with Gasteiger partial charge in [0.15, 0.2) is 5.13 Å². The van der Waals surface area contributed by atoms with Crippen LogP contribution in [0.4, 0.5) is 5.13 Å². The van der Waals surface area contributed by atoms with Crippen molar-refractivity contribution in [2.75, 3.05) is 5.32 Å². The number of aromatic nitrogens is 1. The molecule has 2 nitrogen and oxygen atoms in total. The Hall–Kier alpha value is -0.800. The van der Waals surface area contributed by atoms with E-state index in [1.807, 2.05) is 18.2 Å². The first-order chi connectivity index (χ1) is 8.34. The van der Waals surface area contributed by atoms with Crippen molar-refractivity contribution in [1.82, 2.24) is 4.98 Å². The van der Waals surface area contributed by atoms with E-state index >= 15 is 0 Å². The molecule has 1 heterocycles. The maximum Gasteiger partial charge on any atom is 0.184 e. The molecule has 1 saturated carbocycles. The molecule has 0 aliphatic heterocycles. The summed E-state index contributed by atoms with van der Waals surface area (Å²) in [6.45, 7) is 9.19. The van der Waals surface area contributed by atoms with Gasteiger partial charge < -0.3 is 5.32 Å². The summed E-state index contributed by atoms with van der Waals surface area (Å²) in [5.74, 6) is 0. The Bertz CT molecular complexity index is 601. The fourth-order valence-electron chi connectivity index (χ4n) is 2.66. The van der Waals surface area contributed by atoms with Crippen molar-refractivity contribution in [3.05, 3.63) is 23.2 Å². The number of nitrogens with one attached hydrogen (secondary N) is 1. The lowest BCUT2D eigenvalue weighted by atomic mass is 10.0. The van der Waals surface area contributed by atoms with Crippen LogP contribution in [0, 0.1) is 10.8 Å². The van der Waals surface area contributed by atoms with E-state index in [2.05, 4.69) is 38.0 Å². The largest absolute Gasteiger partial charge is 0.358 e. The molecule has 1 aromatic heterocycles. The van der Waals surface area contributed by atoms with E-state index in [-0.39, 0.29) is 0 Å². The maximum atomic E-state index is 6.18. The normalized spacial score (nSPS) is 21.2. The van der Waals surface area contributed by atoms with Crippen molar-refractivity contribution in [2.24, 2.45) is 10.8 Å². The number of halogens is 1. The summed E-state index contributed by atoms with van der Waals surface area (Å²) in [6, 6.07) is 6.34. The van der Waals surface area contributed by atoms with Crippen molar-refractivity contribution in [1.29, 1.82) is 0 Å². The van der Waals surface area contributed by atoms with Gasteiger partial charge in [-0.3, -0.25) is 0 Å². The predicted molar refractivity (Wildman–Crippen MR) is 79.6 cm³/mol. The highest BCUT2D eigenvalue weighted by atomic mass is 35.5. The molecule has 2 aromatic rings. The van der Waals surface area contributed by atoms with Gasteiger partial charge in [0, 0.05) is 6.04 Å². The van der Waals surface area contributed by atoms with Crippen molar-refractivity contribution < 1.29 is 0 Å². The number of benzene rings is 1. The minimum Gasteiger partial charge on any atom is -0.358 e. The van der Waals surface area contributed by atoms with E-state index in [0.29, 0.717) is 16.9 Å². The highest BCUT2D eigenvalue weighted by Gasteiger charge is 2.65. The molecular weight excluding hydrogens is 264 g/mol. The van der Waals surface area contributed by atoms with Crippen molar-refractivity contribution >= 4 is 38.3 Å². The average Bonchev–Trinajstić information content (AvgIpc) is 2.67. The summed E-state index contributed by atoms with van der Waals surface area (Å²) in [5, 5.41) is 5.32. The second-order valence-corrected chi connectivity index (χ2v) is 7.53. The van der Waals surface area contributed by atoms with E-state index in [9.17, 15) is 0 Å². The van der Waals surface area contributed by atoms with E-state index in [1.165, 1.54) is 0 Å². The minimum atomic E-state index is 0.314. The minimum absolute atomic E-state index is 0.314. The summed E-state index contributed by atoms with van der Waals surface area (Å²) in [6.07, 6.45) is 0. The zero-order valence-corrected chi connectivity index (χ0v) is 12.6. The van der Waals surface area contributed by atoms with Crippen LogP contribution >= 0.6 is 22.9 Å². The van der Waals surface area contributed by atoms with Crippen LogP contribution in [0.1, 0.15) is 27.7 Å². The SMILES string of the molecule is CC1(C)C(Nc2nc3cccc(Cl)c3s2)C1(C)C. The summed E-state index contributed by atoms with van der Waals surface area (Å²) in [4.78, 5) is 4.61. The molecule has 0 amide bonds. The molecule has 1 aliphatic rings. The second kappa shape index (κ2) is 3.61. The van der Waals surface area contributed by atoms with Crippen LogP contribution in [-0.2, 0) is 0 Å². The topological polar surface area (TPSA) is 24.9 Å². The third-order valence-corrected chi connectivity index (χ3v) is 6.12. The molecule has 1 fully saturated rings. The first-order valence-electron chi connectivity index (χ1n) is 6.15. The van der Waals surface area contributed by atoms with E-state index in [0.717, 1.165) is 20.4 Å². The Morgan fingerprint density at radius 3 is 2.44 bits per heavy atom. The molecule has 18 heavy (non-hydrogen) atoms. The summed E-state index contributed by atoms with van der Waals surface area (Å²) < 4.78 is 1.07. The fourth-order valence-corrected chi connectivity index (χ4v) is 3.84. The van der Waals surface area contributed by atoms with Gasteiger partial charge in [-0.1, -0.05) is 56.7 Å². The smallest absolute Gasteiger partial charge is 0.184 e. The molecule has 0 radical (unpaired) electrons. The van der Waals surface area contributed by atoms with Gasteiger partial charge >= 0.3 is 0 Å². The number of nitrogens with zero attached hydrogens (tertiary/aromatic N) is 1. The lowest BCUT2D eigenvalue weighted by Crippen LogP contribution is -2.09. The van der Waals surface area contributed by atoms with E-state index < -0.39 is 0 Å². The van der Waals surface area contributed by atoms with Gasteiger partial charge in [0.05, 0.1) is 15.2 Å². The predicted octanol–water partition coefficient (Wildman–Crippen LogP) is 4.80. The molecule has 0 spiro atoms. The number of hydrogen-bond acceptors (Lipinski definition) is 3. The Morgan fingerprint density at radius 2 is 1.89 bits per heavy atom.